The zero-order valence-corrected chi connectivity index (χ0v) is 12.9. The summed E-state index contributed by atoms with van der Waals surface area (Å²) in [7, 11) is -3.49. The normalized spacial score (nSPS) is 20.6. The standard InChI is InChI=1S/C10H17N3O6S2/c1-21(18,19)8-5-20-3-2-13(8)10(17)12-6(9(15)16)4-7(11)14/h6,8H,2-5H2,1H3,(H2,11,14)(H,12,17)(H,15,16). The molecule has 0 aromatic carbocycles. The van der Waals surface area contributed by atoms with Gasteiger partial charge in [0.2, 0.25) is 5.91 Å². The predicted molar refractivity (Wildman–Crippen MR) is 76.4 cm³/mol. The smallest absolute Gasteiger partial charge is 0.326 e. The Morgan fingerprint density at radius 2 is 2.10 bits per heavy atom. The summed E-state index contributed by atoms with van der Waals surface area (Å²) in [4.78, 5) is 34.9. The van der Waals surface area contributed by atoms with E-state index in [4.69, 9.17) is 10.8 Å². The maximum absolute atomic E-state index is 12.1. The highest BCUT2D eigenvalue weighted by molar-refractivity contribution is 8.00. The van der Waals surface area contributed by atoms with Crippen LogP contribution in [0.2, 0.25) is 0 Å². The minimum Gasteiger partial charge on any atom is -0.480 e. The molecule has 120 valence electrons. The Balaban J connectivity index is 2.84. The molecule has 1 aliphatic rings. The molecule has 1 heterocycles. The van der Waals surface area contributed by atoms with E-state index in [1.165, 1.54) is 11.8 Å². The molecule has 1 aliphatic heterocycles. The number of carbonyl (C=O) groups excluding carboxylic acids is 2. The van der Waals surface area contributed by atoms with Crippen LogP contribution in [0.3, 0.4) is 0 Å². The molecule has 0 bridgehead atoms. The van der Waals surface area contributed by atoms with Crippen molar-refractivity contribution in [3.63, 3.8) is 0 Å². The van der Waals surface area contributed by atoms with Crippen LogP contribution in [0.4, 0.5) is 4.79 Å². The van der Waals surface area contributed by atoms with E-state index in [0.717, 1.165) is 11.2 Å². The Morgan fingerprint density at radius 3 is 2.57 bits per heavy atom. The molecule has 1 rings (SSSR count). The van der Waals surface area contributed by atoms with Crippen molar-refractivity contribution in [2.75, 3.05) is 24.3 Å². The third kappa shape index (κ3) is 5.08. The quantitative estimate of drug-likeness (QED) is 0.549. The number of carboxylic acid groups (broad SMARTS) is 1. The van der Waals surface area contributed by atoms with Crippen LogP contribution in [0.1, 0.15) is 6.42 Å². The molecule has 0 saturated carbocycles. The number of urea groups is 1. The summed E-state index contributed by atoms with van der Waals surface area (Å²) >= 11 is 1.40. The lowest BCUT2D eigenvalue weighted by atomic mass is 10.2. The number of aliphatic carboxylic acids is 1. The van der Waals surface area contributed by atoms with Crippen LogP contribution in [0.15, 0.2) is 0 Å². The molecule has 11 heteroatoms. The van der Waals surface area contributed by atoms with Crippen LogP contribution in [0, 0.1) is 0 Å². The van der Waals surface area contributed by atoms with E-state index in [1.54, 1.807) is 0 Å². The lowest BCUT2D eigenvalue weighted by molar-refractivity contribution is -0.140. The fourth-order valence-corrected chi connectivity index (χ4v) is 4.62. The number of hydrogen-bond donors (Lipinski definition) is 3. The van der Waals surface area contributed by atoms with Crippen molar-refractivity contribution < 1.29 is 27.9 Å². The summed E-state index contributed by atoms with van der Waals surface area (Å²) < 4.78 is 23.3. The van der Waals surface area contributed by atoms with Gasteiger partial charge in [0.1, 0.15) is 11.4 Å². The van der Waals surface area contributed by atoms with Gasteiger partial charge >= 0.3 is 12.0 Å². The number of rotatable bonds is 5. The van der Waals surface area contributed by atoms with Crippen molar-refractivity contribution in [3.8, 4) is 0 Å². The Hall–Kier alpha value is -1.49. The second-order valence-corrected chi connectivity index (χ2v) is 7.92. The van der Waals surface area contributed by atoms with E-state index in [0.29, 0.717) is 5.75 Å². The molecule has 0 radical (unpaired) electrons. The minimum absolute atomic E-state index is 0.178. The van der Waals surface area contributed by atoms with E-state index in [9.17, 15) is 22.8 Å². The Labute approximate surface area is 126 Å². The van der Waals surface area contributed by atoms with E-state index in [-0.39, 0.29) is 12.3 Å². The van der Waals surface area contributed by atoms with Gasteiger partial charge in [0.15, 0.2) is 9.84 Å². The first kappa shape index (κ1) is 17.6. The van der Waals surface area contributed by atoms with Gasteiger partial charge in [-0.2, -0.15) is 11.8 Å². The van der Waals surface area contributed by atoms with Gasteiger partial charge in [0, 0.05) is 24.3 Å². The second kappa shape index (κ2) is 6.98. The van der Waals surface area contributed by atoms with Crippen LogP contribution < -0.4 is 11.1 Å². The maximum Gasteiger partial charge on any atom is 0.326 e. The molecule has 2 unspecified atom stereocenters. The summed E-state index contributed by atoms with van der Waals surface area (Å²) in [6.45, 7) is 0.178. The van der Waals surface area contributed by atoms with Crippen LogP contribution in [-0.4, -0.2) is 72.1 Å². The Bertz CT molecular complexity index is 535. The van der Waals surface area contributed by atoms with Crippen LogP contribution in [-0.2, 0) is 19.4 Å². The number of carbonyl (C=O) groups is 3. The van der Waals surface area contributed by atoms with Crippen LogP contribution in [0.25, 0.3) is 0 Å². The zero-order valence-electron chi connectivity index (χ0n) is 11.3. The first-order valence-electron chi connectivity index (χ1n) is 5.97. The Morgan fingerprint density at radius 1 is 1.48 bits per heavy atom. The highest BCUT2D eigenvalue weighted by atomic mass is 32.2. The molecule has 0 spiro atoms. The van der Waals surface area contributed by atoms with Gasteiger partial charge in [0.05, 0.1) is 6.42 Å². The molecule has 0 aromatic rings. The molecular weight excluding hydrogens is 322 g/mol. The fraction of sp³-hybridized carbons (Fsp3) is 0.700. The summed E-state index contributed by atoms with van der Waals surface area (Å²) in [5, 5.41) is 10.0. The van der Waals surface area contributed by atoms with Gasteiger partial charge < -0.3 is 21.1 Å². The molecule has 4 N–H and O–H groups in total. The molecule has 1 saturated heterocycles. The van der Waals surface area contributed by atoms with Gasteiger partial charge in [-0.15, -0.1) is 0 Å². The average molecular weight is 339 g/mol. The molecule has 21 heavy (non-hydrogen) atoms. The summed E-state index contributed by atoms with van der Waals surface area (Å²) in [6, 6.07) is -2.32. The third-order valence-corrected chi connectivity index (χ3v) is 5.48. The molecule has 9 nitrogen and oxygen atoms in total. The number of sulfone groups is 1. The molecule has 0 aromatic heterocycles. The summed E-state index contributed by atoms with van der Waals surface area (Å²) in [6.07, 6.45) is 0.453. The van der Waals surface area contributed by atoms with Gasteiger partial charge in [-0.1, -0.05) is 0 Å². The van der Waals surface area contributed by atoms with Crippen molar-refractivity contribution in [1.82, 2.24) is 10.2 Å². The SMILES string of the molecule is CS(=O)(=O)C1CSCCN1C(=O)NC(CC(N)=O)C(=O)O. The third-order valence-electron chi connectivity index (χ3n) is 2.84. The largest absolute Gasteiger partial charge is 0.480 e. The van der Waals surface area contributed by atoms with Crippen molar-refractivity contribution in [2.45, 2.75) is 17.8 Å². The average Bonchev–Trinajstić information content (AvgIpc) is 2.36. The van der Waals surface area contributed by atoms with E-state index < -0.39 is 45.6 Å². The first-order chi connectivity index (χ1) is 9.62. The zero-order chi connectivity index (χ0) is 16.2. The van der Waals surface area contributed by atoms with Crippen molar-refractivity contribution >= 4 is 39.5 Å². The number of hydrogen-bond acceptors (Lipinski definition) is 6. The van der Waals surface area contributed by atoms with E-state index in [2.05, 4.69) is 5.32 Å². The van der Waals surface area contributed by atoms with Gasteiger partial charge in [-0.3, -0.25) is 4.79 Å². The number of nitrogens with two attached hydrogens (primary N) is 1. The maximum atomic E-state index is 12.1. The van der Waals surface area contributed by atoms with E-state index >= 15 is 0 Å². The number of amides is 3. The molecule has 0 aliphatic carbocycles. The van der Waals surface area contributed by atoms with Crippen molar-refractivity contribution in [1.29, 1.82) is 0 Å². The number of nitrogens with one attached hydrogen (secondary N) is 1. The molecular formula is C10H17N3O6S2. The fourth-order valence-electron chi connectivity index (χ4n) is 1.80. The Kier molecular flexibility index (Phi) is 5.84. The van der Waals surface area contributed by atoms with Crippen molar-refractivity contribution in [2.24, 2.45) is 5.73 Å². The second-order valence-electron chi connectivity index (χ2n) is 4.56. The lowest BCUT2D eigenvalue weighted by Crippen LogP contribution is -2.56. The van der Waals surface area contributed by atoms with Gasteiger partial charge in [-0.25, -0.2) is 18.0 Å². The van der Waals surface area contributed by atoms with Gasteiger partial charge in [-0.05, 0) is 0 Å². The number of nitrogens with zero attached hydrogens (tertiary/aromatic N) is 1. The van der Waals surface area contributed by atoms with Crippen LogP contribution in [0.5, 0.6) is 0 Å². The lowest BCUT2D eigenvalue weighted by Gasteiger charge is -2.34. The molecule has 3 amide bonds. The summed E-state index contributed by atoms with van der Waals surface area (Å²) in [5.41, 5.74) is 4.92. The first-order valence-corrected chi connectivity index (χ1v) is 9.08. The number of carboxylic acids is 1. The summed E-state index contributed by atoms with van der Waals surface area (Å²) in [5.74, 6) is -1.52. The molecule has 1 fully saturated rings. The number of thioether (sulfide) groups is 1. The van der Waals surface area contributed by atoms with Crippen molar-refractivity contribution in [3.05, 3.63) is 0 Å². The highest BCUT2D eigenvalue weighted by Crippen LogP contribution is 2.20. The van der Waals surface area contributed by atoms with E-state index in [1.807, 2.05) is 0 Å². The number of primary amides is 1. The topological polar surface area (TPSA) is 147 Å². The van der Waals surface area contributed by atoms with Gasteiger partial charge in [0.25, 0.3) is 0 Å². The van der Waals surface area contributed by atoms with Crippen LogP contribution >= 0.6 is 11.8 Å². The predicted octanol–water partition coefficient (Wildman–Crippen LogP) is -1.56. The minimum atomic E-state index is -3.49. The molecule has 2 atom stereocenters. The monoisotopic (exact) mass is 339 g/mol. The highest BCUT2D eigenvalue weighted by Gasteiger charge is 2.35.